The van der Waals surface area contributed by atoms with Crippen molar-refractivity contribution in [3.8, 4) is 0 Å². The second-order valence-electron chi connectivity index (χ2n) is 5.93. The Morgan fingerprint density at radius 1 is 1.15 bits per heavy atom. The first-order chi connectivity index (χ1) is 13.2. The number of hydrogen-bond donors (Lipinski definition) is 1. The molecule has 4 rings (SSSR count). The molecule has 1 N–H and O–H groups in total. The summed E-state index contributed by atoms with van der Waals surface area (Å²) in [5.41, 5.74) is 2.51. The van der Waals surface area contributed by atoms with Gasteiger partial charge >= 0.3 is 0 Å². The summed E-state index contributed by atoms with van der Waals surface area (Å²) in [6.07, 6.45) is 2.89. The van der Waals surface area contributed by atoms with E-state index in [9.17, 15) is 4.79 Å². The summed E-state index contributed by atoms with van der Waals surface area (Å²) >= 11 is 4.93. The van der Waals surface area contributed by atoms with Crippen LogP contribution in [0.25, 0.3) is 16.6 Å². The van der Waals surface area contributed by atoms with Gasteiger partial charge in [0.05, 0.1) is 5.52 Å². The van der Waals surface area contributed by atoms with E-state index in [1.807, 2.05) is 48.5 Å². The van der Waals surface area contributed by atoms with E-state index in [-0.39, 0.29) is 5.91 Å². The number of nitrogens with one attached hydrogen (secondary N) is 1. The zero-order valence-electron chi connectivity index (χ0n) is 14.3. The van der Waals surface area contributed by atoms with Crippen molar-refractivity contribution in [1.82, 2.24) is 19.6 Å². The molecule has 0 aliphatic rings. The summed E-state index contributed by atoms with van der Waals surface area (Å²) in [4.78, 5) is 21.0. The van der Waals surface area contributed by atoms with Crippen LogP contribution in [0.4, 0.5) is 5.69 Å². The number of carbonyl (C=O) groups is 1. The maximum atomic E-state index is 12.0. The van der Waals surface area contributed by atoms with Crippen molar-refractivity contribution >= 4 is 55.8 Å². The van der Waals surface area contributed by atoms with Crippen LogP contribution in [0.3, 0.4) is 0 Å². The fraction of sp³-hybridized carbons (Fsp3) is 0.158. The van der Waals surface area contributed by atoms with E-state index >= 15 is 0 Å². The molecule has 0 atom stereocenters. The molecule has 0 saturated carbocycles. The van der Waals surface area contributed by atoms with E-state index < -0.39 is 0 Å². The number of carbonyl (C=O) groups excluding carboxylic acids is 1. The first-order valence-electron chi connectivity index (χ1n) is 8.47. The molecular weight excluding hydrogens is 426 g/mol. The predicted octanol–water partition coefficient (Wildman–Crippen LogP) is 4.55. The summed E-state index contributed by atoms with van der Waals surface area (Å²) in [6, 6.07) is 15.4. The number of thioether (sulfide) groups is 1. The lowest BCUT2D eigenvalue weighted by Gasteiger charge is -2.04. The van der Waals surface area contributed by atoms with Gasteiger partial charge in [0.25, 0.3) is 0 Å². The van der Waals surface area contributed by atoms with Gasteiger partial charge in [-0.05, 0) is 42.8 Å². The molecule has 0 radical (unpaired) electrons. The van der Waals surface area contributed by atoms with E-state index in [4.69, 9.17) is 0 Å². The summed E-state index contributed by atoms with van der Waals surface area (Å²) in [5.74, 6) is 0.784. The summed E-state index contributed by atoms with van der Waals surface area (Å²) in [5, 5.41) is 9.03. The van der Waals surface area contributed by atoms with Gasteiger partial charge in [0.15, 0.2) is 5.65 Å². The minimum Gasteiger partial charge on any atom is -0.326 e. The topological polar surface area (TPSA) is 72.2 Å². The van der Waals surface area contributed by atoms with Crippen molar-refractivity contribution < 1.29 is 4.79 Å². The minimum atomic E-state index is 0.0103. The van der Waals surface area contributed by atoms with Crippen molar-refractivity contribution in [2.24, 2.45) is 0 Å². The first kappa shape index (κ1) is 17.9. The lowest BCUT2D eigenvalue weighted by Crippen LogP contribution is -2.11. The number of fused-ring (bicyclic) bond motifs is 3. The molecule has 0 fully saturated rings. The molecular formula is C19H16BrN5OS. The second-order valence-corrected chi connectivity index (χ2v) is 7.91. The molecule has 2 heterocycles. The highest BCUT2D eigenvalue weighted by Crippen LogP contribution is 2.21. The Kier molecular flexibility index (Phi) is 5.35. The quantitative estimate of drug-likeness (QED) is 0.350. The van der Waals surface area contributed by atoms with Gasteiger partial charge in [0, 0.05) is 27.7 Å². The van der Waals surface area contributed by atoms with Crippen LogP contribution in [-0.4, -0.2) is 31.2 Å². The Labute approximate surface area is 168 Å². The van der Waals surface area contributed by atoms with Crippen LogP contribution >= 0.6 is 27.7 Å². The van der Waals surface area contributed by atoms with Crippen molar-refractivity contribution in [1.29, 1.82) is 0 Å². The molecule has 0 unspecified atom stereocenters. The number of nitrogens with zero attached hydrogens (tertiary/aromatic N) is 4. The van der Waals surface area contributed by atoms with Gasteiger partial charge in [-0.25, -0.2) is 14.5 Å². The third-order valence-corrected chi connectivity index (χ3v) is 5.42. The van der Waals surface area contributed by atoms with E-state index in [1.54, 1.807) is 22.6 Å². The summed E-state index contributed by atoms with van der Waals surface area (Å²) in [6.45, 7) is 0. The molecule has 4 aromatic rings. The van der Waals surface area contributed by atoms with Crippen LogP contribution < -0.4 is 5.32 Å². The molecule has 0 aliphatic carbocycles. The van der Waals surface area contributed by atoms with Crippen LogP contribution in [0.5, 0.6) is 0 Å². The molecule has 0 bridgehead atoms. The number of hydrogen-bond acceptors (Lipinski definition) is 5. The van der Waals surface area contributed by atoms with Gasteiger partial charge < -0.3 is 5.32 Å². The van der Waals surface area contributed by atoms with Crippen LogP contribution in [0, 0.1) is 0 Å². The largest absolute Gasteiger partial charge is 0.326 e. The number of aromatic nitrogens is 4. The maximum Gasteiger partial charge on any atom is 0.224 e. The number of benzene rings is 2. The second kappa shape index (κ2) is 8.06. The molecule has 136 valence electrons. The van der Waals surface area contributed by atoms with Crippen molar-refractivity contribution in [2.45, 2.75) is 18.0 Å². The Hall–Kier alpha value is -2.45. The number of rotatable bonds is 6. The molecule has 27 heavy (non-hydrogen) atoms. The van der Waals surface area contributed by atoms with E-state index in [0.717, 1.165) is 38.9 Å². The third kappa shape index (κ3) is 4.28. The molecule has 2 aromatic carbocycles. The highest BCUT2D eigenvalue weighted by atomic mass is 79.9. The normalized spacial score (nSPS) is 11.1. The zero-order chi connectivity index (χ0) is 18.6. The fourth-order valence-corrected chi connectivity index (χ4v) is 3.71. The van der Waals surface area contributed by atoms with Gasteiger partial charge in [-0.3, -0.25) is 4.79 Å². The molecule has 8 heteroatoms. The molecule has 2 aromatic heterocycles. The number of amides is 1. The van der Waals surface area contributed by atoms with Gasteiger partial charge in [-0.2, -0.15) is 0 Å². The fourth-order valence-electron chi connectivity index (χ4n) is 2.67. The van der Waals surface area contributed by atoms with Crippen molar-refractivity contribution in [2.75, 3.05) is 11.1 Å². The van der Waals surface area contributed by atoms with Crippen LogP contribution in [0.15, 0.2) is 64.5 Å². The molecule has 0 spiro atoms. The predicted molar refractivity (Wildman–Crippen MR) is 111 cm³/mol. The summed E-state index contributed by atoms with van der Waals surface area (Å²) in [7, 11) is 0. The highest BCUT2D eigenvalue weighted by molar-refractivity contribution is 9.10. The van der Waals surface area contributed by atoms with Crippen LogP contribution in [0.2, 0.25) is 0 Å². The Morgan fingerprint density at radius 2 is 1.96 bits per heavy atom. The van der Waals surface area contributed by atoms with Crippen molar-refractivity contribution in [3.05, 3.63) is 59.3 Å². The standard InChI is InChI=1S/C19H16BrN5OS/c20-13-7-9-14(10-8-13)22-17(26)6-3-11-27-19-23-18-15-4-1-2-5-16(15)21-12-25(18)24-19/h1-2,4-5,7-10,12H,3,6,11H2,(H,22,26). The Balaban J connectivity index is 1.32. The smallest absolute Gasteiger partial charge is 0.224 e. The zero-order valence-corrected chi connectivity index (χ0v) is 16.7. The van der Waals surface area contributed by atoms with Crippen LogP contribution in [-0.2, 0) is 4.79 Å². The lowest BCUT2D eigenvalue weighted by molar-refractivity contribution is -0.116. The lowest BCUT2D eigenvalue weighted by atomic mass is 10.2. The van der Waals surface area contributed by atoms with E-state index in [1.165, 1.54) is 0 Å². The monoisotopic (exact) mass is 441 g/mol. The Bertz CT molecular complexity index is 1100. The number of anilines is 1. The molecule has 0 aliphatic heterocycles. The van der Waals surface area contributed by atoms with E-state index in [0.29, 0.717) is 11.6 Å². The summed E-state index contributed by atoms with van der Waals surface area (Å²) < 4.78 is 2.69. The average molecular weight is 442 g/mol. The molecule has 1 amide bonds. The molecule has 0 saturated heterocycles. The van der Waals surface area contributed by atoms with Gasteiger partial charge in [0.1, 0.15) is 6.33 Å². The number of para-hydroxylation sites is 1. The van der Waals surface area contributed by atoms with Gasteiger partial charge in [0.2, 0.25) is 11.1 Å². The first-order valence-corrected chi connectivity index (χ1v) is 10.3. The third-order valence-electron chi connectivity index (χ3n) is 3.97. The van der Waals surface area contributed by atoms with Crippen LogP contribution in [0.1, 0.15) is 12.8 Å². The average Bonchev–Trinajstić information content (AvgIpc) is 3.11. The Morgan fingerprint density at radius 3 is 2.81 bits per heavy atom. The highest BCUT2D eigenvalue weighted by Gasteiger charge is 2.09. The van der Waals surface area contributed by atoms with E-state index in [2.05, 4.69) is 36.3 Å². The number of halogens is 1. The molecule has 6 nitrogen and oxygen atoms in total. The van der Waals surface area contributed by atoms with Crippen molar-refractivity contribution in [3.63, 3.8) is 0 Å². The van der Waals surface area contributed by atoms with Gasteiger partial charge in [-0.1, -0.05) is 39.8 Å². The minimum absolute atomic E-state index is 0.0103. The van der Waals surface area contributed by atoms with Gasteiger partial charge in [-0.15, -0.1) is 5.10 Å². The SMILES string of the molecule is O=C(CCCSc1nc2c3ccccc3ncn2n1)Nc1ccc(Br)cc1. The maximum absolute atomic E-state index is 12.0.